The number of carbonyl (C=O) groups is 1. The van der Waals surface area contributed by atoms with Crippen LogP contribution >= 0.6 is 34.8 Å². The molecule has 4 aromatic rings. The van der Waals surface area contributed by atoms with Gasteiger partial charge in [-0.3, -0.25) is 10.1 Å². The Balaban J connectivity index is 1.54. The number of thiocarbonyl (C=S) groups is 1. The van der Waals surface area contributed by atoms with E-state index in [9.17, 15) is 4.79 Å². The monoisotopic (exact) mass is 527 g/mol. The Morgan fingerprint density at radius 1 is 1.07 bits per heavy atom. The van der Waals surface area contributed by atoms with Crippen LogP contribution in [0.4, 0.5) is 5.69 Å². The number of carbonyl (C=O) groups excluding carboxylic acids is 1. The van der Waals surface area contributed by atoms with Crippen molar-refractivity contribution in [1.29, 1.82) is 0 Å². The van der Waals surface area contributed by atoms with Gasteiger partial charge in [-0.15, -0.1) is 0 Å². The third kappa shape index (κ3) is 4.52. The Bertz CT molecular complexity index is 1280. The number of oxazole rings is 1. The van der Waals surface area contributed by atoms with Crippen molar-refractivity contribution in [3.63, 3.8) is 0 Å². The number of amides is 1. The molecule has 1 aromatic heterocycles. The van der Waals surface area contributed by atoms with Crippen molar-refractivity contribution in [3.05, 3.63) is 80.9 Å². The molecule has 5 nitrogen and oxygen atoms in total. The van der Waals surface area contributed by atoms with Crippen molar-refractivity contribution in [2.75, 3.05) is 5.32 Å². The van der Waals surface area contributed by atoms with E-state index in [0.29, 0.717) is 11.5 Å². The highest BCUT2D eigenvalue weighted by molar-refractivity contribution is 14.1. The second-order valence-corrected chi connectivity index (χ2v) is 8.59. The lowest BCUT2D eigenvalue weighted by Crippen LogP contribution is -2.34. The van der Waals surface area contributed by atoms with Crippen molar-refractivity contribution in [1.82, 2.24) is 10.3 Å². The van der Waals surface area contributed by atoms with Crippen LogP contribution in [0.5, 0.6) is 0 Å². The molecule has 3 aromatic carbocycles. The molecule has 30 heavy (non-hydrogen) atoms. The topological polar surface area (TPSA) is 67.2 Å². The zero-order valence-electron chi connectivity index (χ0n) is 16.3. The molecular formula is C23H18IN3O2S. The third-order valence-electron chi connectivity index (χ3n) is 4.59. The van der Waals surface area contributed by atoms with E-state index in [0.717, 1.165) is 37.0 Å². The highest BCUT2D eigenvalue weighted by atomic mass is 127. The summed E-state index contributed by atoms with van der Waals surface area (Å²) in [4.78, 5) is 17.0. The summed E-state index contributed by atoms with van der Waals surface area (Å²) in [5, 5.41) is 6.06. The van der Waals surface area contributed by atoms with Crippen LogP contribution in [0.15, 0.2) is 65.1 Å². The molecule has 0 aliphatic heterocycles. The molecule has 150 valence electrons. The van der Waals surface area contributed by atoms with Crippen molar-refractivity contribution in [3.8, 4) is 11.5 Å². The van der Waals surface area contributed by atoms with Gasteiger partial charge in [0.1, 0.15) is 5.52 Å². The molecule has 7 heteroatoms. The summed E-state index contributed by atoms with van der Waals surface area (Å²) >= 11 is 7.52. The summed E-state index contributed by atoms with van der Waals surface area (Å²) in [6, 6.07) is 19.0. The van der Waals surface area contributed by atoms with Gasteiger partial charge in [0.15, 0.2) is 10.7 Å². The van der Waals surface area contributed by atoms with Crippen LogP contribution in [-0.4, -0.2) is 16.0 Å². The number of fused-ring (bicyclic) bond motifs is 1. The van der Waals surface area contributed by atoms with Gasteiger partial charge in [0.2, 0.25) is 5.89 Å². The summed E-state index contributed by atoms with van der Waals surface area (Å²) in [5.74, 6) is 0.279. The summed E-state index contributed by atoms with van der Waals surface area (Å²) in [7, 11) is 0. The zero-order valence-corrected chi connectivity index (χ0v) is 19.3. The van der Waals surface area contributed by atoms with E-state index in [1.165, 1.54) is 0 Å². The number of nitrogens with zero attached hydrogens (tertiary/aromatic N) is 1. The molecule has 0 saturated heterocycles. The van der Waals surface area contributed by atoms with Crippen LogP contribution in [0.2, 0.25) is 0 Å². The lowest BCUT2D eigenvalue weighted by molar-refractivity contribution is 0.0977. The Hall–Kier alpha value is -2.78. The zero-order chi connectivity index (χ0) is 21.3. The first-order valence-electron chi connectivity index (χ1n) is 9.25. The van der Waals surface area contributed by atoms with Gasteiger partial charge in [-0.05, 0) is 102 Å². The number of aryl methyl sites for hydroxylation is 2. The minimum atomic E-state index is -0.255. The van der Waals surface area contributed by atoms with E-state index >= 15 is 0 Å². The van der Waals surface area contributed by atoms with Gasteiger partial charge in [0.25, 0.3) is 5.91 Å². The number of hydrogen-bond acceptors (Lipinski definition) is 4. The van der Waals surface area contributed by atoms with Crippen molar-refractivity contribution < 1.29 is 9.21 Å². The normalized spacial score (nSPS) is 10.8. The van der Waals surface area contributed by atoms with Crippen LogP contribution in [0.25, 0.3) is 22.6 Å². The number of benzene rings is 3. The second-order valence-electron chi connectivity index (χ2n) is 6.94. The molecule has 0 saturated carbocycles. The molecule has 1 heterocycles. The fourth-order valence-corrected chi connectivity index (χ4v) is 3.75. The summed E-state index contributed by atoms with van der Waals surface area (Å²) < 4.78 is 6.88. The van der Waals surface area contributed by atoms with Gasteiger partial charge in [-0.25, -0.2) is 4.98 Å². The summed E-state index contributed by atoms with van der Waals surface area (Å²) in [6.07, 6.45) is 0. The molecule has 0 atom stereocenters. The van der Waals surface area contributed by atoms with Crippen LogP contribution in [-0.2, 0) is 0 Å². The van der Waals surface area contributed by atoms with Gasteiger partial charge < -0.3 is 9.73 Å². The van der Waals surface area contributed by atoms with E-state index in [4.69, 9.17) is 16.6 Å². The third-order valence-corrected chi connectivity index (χ3v) is 5.46. The fraction of sp³-hybridized carbons (Fsp3) is 0.0870. The number of nitrogens with one attached hydrogen (secondary N) is 2. The quantitative estimate of drug-likeness (QED) is 0.259. The van der Waals surface area contributed by atoms with E-state index in [2.05, 4.69) is 38.2 Å². The standard InChI is InChI=1S/C23H18IN3O2S/c1-13-6-9-20-19(10-13)25-22(29-20)16-8-7-14(2)18(12-16)26-23(30)27-21(28)15-4-3-5-17(24)11-15/h3-12H,1-2H3,(H2,26,27,28,30). The smallest absolute Gasteiger partial charge is 0.257 e. The van der Waals surface area contributed by atoms with Gasteiger partial charge >= 0.3 is 0 Å². The van der Waals surface area contributed by atoms with Crippen LogP contribution < -0.4 is 10.6 Å². The number of aromatic nitrogens is 1. The molecule has 2 N–H and O–H groups in total. The predicted molar refractivity (Wildman–Crippen MR) is 132 cm³/mol. The van der Waals surface area contributed by atoms with E-state index < -0.39 is 0 Å². The van der Waals surface area contributed by atoms with Crippen LogP contribution in [0.3, 0.4) is 0 Å². The van der Waals surface area contributed by atoms with Crippen molar-refractivity contribution >= 4 is 62.6 Å². The fourth-order valence-electron chi connectivity index (χ4n) is 3.01. The van der Waals surface area contributed by atoms with Gasteiger partial charge in [-0.2, -0.15) is 0 Å². The SMILES string of the molecule is Cc1ccc2oc(-c3ccc(C)c(NC(=S)NC(=O)c4cccc(I)c4)c3)nc2c1. The number of anilines is 1. The molecular weight excluding hydrogens is 509 g/mol. The largest absolute Gasteiger partial charge is 0.436 e. The summed E-state index contributed by atoms with van der Waals surface area (Å²) in [5.41, 5.74) is 5.83. The average Bonchev–Trinajstić information content (AvgIpc) is 3.12. The Labute approximate surface area is 193 Å². The molecule has 4 rings (SSSR count). The van der Waals surface area contributed by atoms with Crippen molar-refractivity contribution in [2.24, 2.45) is 0 Å². The van der Waals surface area contributed by atoms with Crippen molar-refractivity contribution in [2.45, 2.75) is 13.8 Å². The molecule has 0 unspecified atom stereocenters. The highest BCUT2D eigenvalue weighted by Gasteiger charge is 2.12. The molecule has 0 radical (unpaired) electrons. The highest BCUT2D eigenvalue weighted by Crippen LogP contribution is 2.28. The molecule has 0 aliphatic carbocycles. The molecule has 0 bridgehead atoms. The lowest BCUT2D eigenvalue weighted by atomic mass is 10.1. The second kappa shape index (κ2) is 8.53. The average molecular weight is 527 g/mol. The Kier molecular flexibility index (Phi) is 5.83. The predicted octanol–water partition coefficient (Wildman–Crippen LogP) is 5.84. The first-order chi connectivity index (χ1) is 14.4. The van der Waals surface area contributed by atoms with E-state index in [-0.39, 0.29) is 11.0 Å². The van der Waals surface area contributed by atoms with Crippen LogP contribution in [0, 0.1) is 17.4 Å². The van der Waals surface area contributed by atoms with E-state index in [1.54, 1.807) is 12.1 Å². The number of hydrogen-bond donors (Lipinski definition) is 2. The number of halogens is 1. The minimum absolute atomic E-state index is 0.229. The molecule has 0 aliphatic rings. The van der Waals surface area contributed by atoms with Gasteiger partial charge in [-0.1, -0.05) is 18.2 Å². The Morgan fingerprint density at radius 3 is 2.70 bits per heavy atom. The Morgan fingerprint density at radius 2 is 1.90 bits per heavy atom. The maximum atomic E-state index is 12.4. The minimum Gasteiger partial charge on any atom is -0.436 e. The van der Waals surface area contributed by atoms with E-state index in [1.807, 2.05) is 62.4 Å². The summed E-state index contributed by atoms with van der Waals surface area (Å²) in [6.45, 7) is 3.98. The number of rotatable bonds is 3. The molecule has 1 amide bonds. The molecule has 0 spiro atoms. The maximum Gasteiger partial charge on any atom is 0.257 e. The first-order valence-corrected chi connectivity index (χ1v) is 10.7. The van der Waals surface area contributed by atoms with Gasteiger partial charge in [0, 0.05) is 20.4 Å². The first kappa shape index (κ1) is 20.5. The van der Waals surface area contributed by atoms with Gasteiger partial charge in [0.05, 0.1) is 0 Å². The maximum absolute atomic E-state index is 12.4. The van der Waals surface area contributed by atoms with Crippen LogP contribution in [0.1, 0.15) is 21.5 Å². The molecule has 0 fully saturated rings. The lowest BCUT2D eigenvalue weighted by Gasteiger charge is -2.12.